The molecule has 5 nitrogen and oxygen atoms in total. The Morgan fingerprint density at radius 3 is 2.33 bits per heavy atom. The van der Waals surface area contributed by atoms with Gasteiger partial charge in [-0.05, 0) is 0 Å². The van der Waals surface area contributed by atoms with E-state index in [9.17, 15) is 0 Å². The van der Waals surface area contributed by atoms with E-state index in [1.54, 1.807) is 0 Å². The number of nitrogens with zero attached hydrogens (tertiary/aromatic N) is 2. The normalized spacial score (nSPS) is 9.25. The van der Waals surface area contributed by atoms with Crippen LogP contribution in [0.25, 0.3) is 0 Å². The molecule has 0 saturated heterocycles. The van der Waals surface area contributed by atoms with Crippen molar-refractivity contribution in [2.24, 2.45) is 0 Å². The molecule has 0 unspecified atom stereocenters. The Bertz CT molecular complexity index is 265. The molecule has 0 aliphatic rings. The summed E-state index contributed by atoms with van der Waals surface area (Å²) in [5, 5.41) is 0. The van der Waals surface area contributed by atoms with Crippen LogP contribution in [-0.2, 0) is 0 Å². The van der Waals surface area contributed by atoms with Crippen molar-refractivity contribution in [2.75, 3.05) is 21.3 Å². The molecule has 1 aromatic heterocycles. The molecule has 1 heterocycles. The predicted molar refractivity (Wildman–Crippen MR) is 41.7 cm³/mol. The number of hydrogen-bond acceptors (Lipinski definition) is 5. The first-order valence-corrected chi connectivity index (χ1v) is 3.30. The Morgan fingerprint density at radius 2 is 1.83 bits per heavy atom. The molecule has 0 aliphatic carbocycles. The fourth-order valence-electron chi connectivity index (χ4n) is 0.724. The first kappa shape index (κ1) is 8.58. The molecule has 5 heteroatoms. The molecule has 0 N–H and O–H groups in total. The van der Waals surface area contributed by atoms with Gasteiger partial charge >= 0.3 is 6.01 Å². The molecular formula is C7H10N2O3. The van der Waals surface area contributed by atoms with Gasteiger partial charge in [-0.1, -0.05) is 0 Å². The summed E-state index contributed by atoms with van der Waals surface area (Å²) in [6, 6.07) is 0.257. The molecular weight excluding hydrogens is 160 g/mol. The standard InChI is InChI=1S/C7H10N2O3/c1-10-5-4-8-7(12-3)9-6(5)11-2/h4H,1-3H3. The van der Waals surface area contributed by atoms with Crippen molar-refractivity contribution in [1.29, 1.82) is 0 Å². The van der Waals surface area contributed by atoms with Crippen LogP contribution in [-0.4, -0.2) is 31.3 Å². The minimum absolute atomic E-state index is 0.257. The lowest BCUT2D eigenvalue weighted by atomic mass is 10.6. The maximum Gasteiger partial charge on any atom is 0.319 e. The van der Waals surface area contributed by atoms with Gasteiger partial charge in [-0.2, -0.15) is 9.97 Å². The maximum absolute atomic E-state index is 4.93. The van der Waals surface area contributed by atoms with Crippen molar-refractivity contribution < 1.29 is 14.2 Å². The lowest BCUT2D eigenvalue weighted by molar-refractivity contribution is 0.320. The van der Waals surface area contributed by atoms with Crippen LogP contribution in [0.5, 0.6) is 17.6 Å². The van der Waals surface area contributed by atoms with Crippen molar-refractivity contribution in [1.82, 2.24) is 9.97 Å². The van der Waals surface area contributed by atoms with Gasteiger partial charge in [0.2, 0.25) is 0 Å². The Hall–Kier alpha value is -1.52. The van der Waals surface area contributed by atoms with Gasteiger partial charge in [0.15, 0.2) is 5.75 Å². The smallest absolute Gasteiger partial charge is 0.319 e. The Morgan fingerprint density at radius 1 is 1.08 bits per heavy atom. The number of aromatic nitrogens is 2. The molecule has 0 aliphatic heterocycles. The van der Waals surface area contributed by atoms with E-state index in [1.165, 1.54) is 27.5 Å². The molecule has 0 atom stereocenters. The fourth-order valence-corrected chi connectivity index (χ4v) is 0.724. The van der Waals surface area contributed by atoms with Crippen molar-refractivity contribution >= 4 is 0 Å². The lowest BCUT2D eigenvalue weighted by Gasteiger charge is -2.05. The van der Waals surface area contributed by atoms with Gasteiger partial charge in [0.1, 0.15) is 0 Å². The third-order valence-electron chi connectivity index (χ3n) is 1.30. The van der Waals surface area contributed by atoms with Crippen LogP contribution >= 0.6 is 0 Å². The zero-order chi connectivity index (χ0) is 8.97. The van der Waals surface area contributed by atoms with Crippen LogP contribution in [0.4, 0.5) is 0 Å². The van der Waals surface area contributed by atoms with Crippen molar-refractivity contribution in [3.8, 4) is 17.6 Å². The molecule has 0 aromatic carbocycles. The second-order valence-corrected chi connectivity index (χ2v) is 1.93. The van der Waals surface area contributed by atoms with Crippen LogP contribution in [0, 0.1) is 0 Å². The maximum atomic E-state index is 4.93. The summed E-state index contributed by atoms with van der Waals surface area (Å²) in [6.07, 6.45) is 1.49. The minimum atomic E-state index is 0.257. The monoisotopic (exact) mass is 170 g/mol. The van der Waals surface area contributed by atoms with Crippen LogP contribution in [0.2, 0.25) is 0 Å². The highest BCUT2D eigenvalue weighted by Crippen LogP contribution is 2.23. The van der Waals surface area contributed by atoms with Crippen LogP contribution < -0.4 is 14.2 Å². The molecule has 0 spiro atoms. The Kier molecular flexibility index (Phi) is 2.68. The average molecular weight is 170 g/mol. The van der Waals surface area contributed by atoms with Gasteiger partial charge in [-0.3, -0.25) is 0 Å². The summed E-state index contributed by atoms with van der Waals surface area (Å²) in [4.78, 5) is 7.74. The minimum Gasteiger partial charge on any atom is -0.490 e. The molecule has 66 valence electrons. The van der Waals surface area contributed by atoms with Crippen molar-refractivity contribution in [3.63, 3.8) is 0 Å². The third kappa shape index (κ3) is 1.55. The second-order valence-electron chi connectivity index (χ2n) is 1.93. The number of rotatable bonds is 3. The van der Waals surface area contributed by atoms with E-state index < -0.39 is 0 Å². The molecule has 1 rings (SSSR count). The zero-order valence-electron chi connectivity index (χ0n) is 7.20. The highest BCUT2D eigenvalue weighted by molar-refractivity contribution is 5.31. The summed E-state index contributed by atoms with van der Waals surface area (Å²) >= 11 is 0. The quantitative estimate of drug-likeness (QED) is 0.661. The summed E-state index contributed by atoms with van der Waals surface area (Å²) in [6.45, 7) is 0. The van der Waals surface area contributed by atoms with Gasteiger partial charge in [-0.25, -0.2) is 0 Å². The zero-order valence-corrected chi connectivity index (χ0v) is 7.20. The molecule has 12 heavy (non-hydrogen) atoms. The summed E-state index contributed by atoms with van der Waals surface area (Å²) in [7, 11) is 4.51. The van der Waals surface area contributed by atoms with Gasteiger partial charge in [0, 0.05) is 0 Å². The SMILES string of the molecule is COc1ncc(OC)c(OC)n1. The molecule has 0 fully saturated rings. The van der Waals surface area contributed by atoms with E-state index in [4.69, 9.17) is 14.2 Å². The summed E-state index contributed by atoms with van der Waals surface area (Å²) in [5.41, 5.74) is 0. The number of ether oxygens (including phenoxy) is 3. The molecule has 1 aromatic rings. The summed E-state index contributed by atoms with van der Waals surface area (Å²) < 4.78 is 14.7. The highest BCUT2D eigenvalue weighted by Gasteiger charge is 2.06. The third-order valence-corrected chi connectivity index (χ3v) is 1.30. The number of methoxy groups -OCH3 is 3. The van der Waals surface area contributed by atoms with E-state index >= 15 is 0 Å². The molecule has 0 saturated carbocycles. The van der Waals surface area contributed by atoms with Crippen LogP contribution in [0.1, 0.15) is 0 Å². The summed E-state index contributed by atoms with van der Waals surface area (Å²) in [5.74, 6) is 0.850. The lowest BCUT2D eigenvalue weighted by Crippen LogP contribution is -1.97. The van der Waals surface area contributed by atoms with E-state index in [0.29, 0.717) is 11.6 Å². The first-order valence-electron chi connectivity index (χ1n) is 3.30. The predicted octanol–water partition coefficient (Wildman–Crippen LogP) is 0.502. The van der Waals surface area contributed by atoms with Crippen molar-refractivity contribution in [3.05, 3.63) is 6.20 Å². The highest BCUT2D eigenvalue weighted by atomic mass is 16.5. The Balaban J connectivity index is 3.02. The topological polar surface area (TPSA) is 53.5 Å². The van der Waals surface area contributed by atoms with E-state index in [-0.39, 0.29) is 6.01 Å². The largest absolute Gasteiger partial charge is 0.490 e. The van der Waals surface area contributed by atoms with Crippen molar-refractivity contribution in [2.45, 2.75) is 0 Å². The van der Waals surface area contributed by atoms with E-state index in [0.717, 1.165) is 0 Å². The van der Waals surface area contributed by atoms with Crippen LogP contribution in [0.3, 0.4) is 0 Å². The molecule has 0 amide bonds. The Labute approximate surface area is 70.3 Å². The first-order chi connectivity index (χ1) is 5.81. The van der Waals surface area contributed by atoms with Gasteiger partial charge in [0.05, 0.1) is 27.5 Å². The van der Waals surface area contributed by atoms with E-state index in [2.05, 4.69) is 9.97 Å². The van der Waals surface area contributed by atoms with Gasteiger partial charge in [0.25, 0.3) is 5.88 Å². The second kappa shape index (κ2) is 3.75. The van der Waals surface area contributed by atoms with Gasteiger partial charge < -0.3 is 14.2 Å². The fraction of sp³-hybridized carbons (Fsp3) is 0.429. The van der Waals surface area contributed by atoms with Crippen LogP contribution in [0.15, 0.2) is 6.20 Å². The average Bonchev–Trinajstić information content (AvgIpc) is 2.16. The molecule has 0 bridgehead atoms. The van der Waals surface area contributed by atoms with Gasteiger partial charge in [-0.15, -0.1) is 0 Å². The van der Waals surface area contributed by atoms with E-state index in [1.807, 2.05) is 0 Å². The molecule has 0 radical (unpaired) electrons. The number of hydrogen-bond donors (Lipinski definition) is 0.